The molecule has 2 aromatic heterocycles. The maximum Gasteiger partial charge on any atom is 0.225 e. The maximum atomic E-state index is 13.3. The summed E-state index contributed by atoms with van der Waals surface area (Å²) in [6, 6.07) is 3.95. The summed E-state index contributed by atoms with van der Waals surface area (Å²) >= 11 is 0. The van der Waals surface area contributed by atoms with Gasteiger partial charge in [-0.1, -0.05) is 6.92 Å². The summed E-state index contributed by atoms with van der Waals surface area (Å²) in [4.78, 5) is 20.4. The third-order valence-corrected chi connectivity index (χ3v) is 7.54. The highest BCUT2D eigenvalue weighted by Crippen LogP contribution is 2.27. The standard InChI is InChI=1S/C23H35N7O/c1-18-6-11-27(12-7-18)15-19-3-2-10-29(16-19)23(31)20-8-13-28(14-9-20)22-5-4-21-25-24-17-30(21)26-22/h4-5,17-20H,2-3,6-16H2,1H3. The van der Waals surface area contributed by atoms with Crippen LogP contribution in [0.3, 0.4) is 0 Å². The van der Waals surface area contributed by atoms with Crippen molar-refractivity contribution in [2.24, 2.45) is 17.8 Å². The quantitative estimate of drug-likeness (QED) is 0.749. The van der Waals surface area contributed by atoms with Gasteiger partial charge in [-0.2, -0.15) is 4.52 Å². The van der Waals surface area contributed by atoms with Crippen LogP contribution in [0.4, 0.5) is 5.82 Å². The van der Waals surface area contributed by atoms with Crippen LogP contribution >= 0.6 is 0 Å². The molecule has 2 aromatic rings. The zero-order valence-corrected chi connectivity index (χ0v) is 18.7. The molecule has 0 aliphatic carbocycles. The zero-order valence-electron chi connectivity index (χ0n) is 18.7. The second-order valence-electron chi connectivity index (χ2n) is 9.86. The van der Waals surface area contributed by atoms with Crippen molar-refractivity contribution in [2.45, 2.75) is 45.4 Å². The highest BCUT2D eigenvalue weighted by molar-refractivity contribution is 5.79. The number of carbonyl (C=O) groups excluding carboxylic acids is 1. The van der Waals surface area contributed by atoms with Gasteiger partial charge in [-0.05, 0) is 75.6 Å². The van der Waals surface area contributed by atoms with E-state index >= 15 is 0 Å². The molecule has 5 rings (SSSR count). The Labute approximate surface area is 184 Å². The average Bonchev–Trinajstić information content (AvgIpc) is 3.28. The molecule has 1 unspecified atom stereocenters. The Morgan fingerprint density at radius 1 is 1.03 bits per heavy atom. The lowest BCUT2D eigenvalue weighted by molar-refractivity contribution is -0.138. The van der Waals surface area contributed by atoms with E-state index in [9.17, 15) is 4.79 Å². The molecule has 0 aromatic carbocycles. The van der Waals surface area contributed by atoms with Gasteiger partial charge in [-0.25, -0.2) is 0 Å². The Morgan fingerprint density at radius 3 is 2.65 bits per heavy atom. The Kier molecular flexibility index (Phi) is 6.07. The van der Waals surface area contributed by atoms with Gasteiger partial charge in [0.2, 0.25) is 5.91 Å². The molecule has 3 aliphatic heterocycles. The number of fused-ring (bicyclic) bond motifs is 1. The smallest absolute Gasteiger partial charge is 0.225 e. The molecule has 3 aliphatic rings. The fraction of sp³-hybridized carbons (Fsp3) is 0.739. The molecule has 8 nitrogen and oxygen atoms in total. The topological polar surface area (TPSA) is 69.9 Å². The molecule has 168 valence electrons. The average molecular weight is 426 g/mol. The van der Waals surface area contributed by atoms with Crippen molar-refractivity contribution in [2.75, 3.05) is 50.7 Å². The lowest BCUT2D eigenvalue weighted by atomic mass is 9.91. The lowest BCUT2D eigenvalue weighted by Gasteiger charge is -2.40. The molecule has 1 amide bonds. The fourth-order valence-electron chi connectivity index (χ4n) is 5.52. The number of piperidine rings is 3. The maximum absolute atomic E-state index is 13.3. The van der Waals surface area contributed by atoms with E-state index in [2.05, 4.69) is 36.9 Å². The van der Waals surface area contributed by atoms with Crippen molar-refractivity contribution in [1.82, 2.24) is 29.6 Å². The molecule has 3 saturated heterocycles. The number of nitrogens with zero attached hydrogens (tertiary/aromatic N) is 7. The normalized spacial score (nSPS) is 24.7. The third kappa shape index (κ3) is 4.68. The monoisotopic (exact) mass is 425 g/mol. The Morgan fingerprint density at radius 2 is 1.84 bits per heavy atom. The van der Waals surface area contributed by atoms with E-state index in [1.165, 1.54) is 38.9 Å². The summed E-state index contributed by atoms with van der Waals surface area (Å²) in [5, 5.41) is 12.5. The van der Waals surface area contributed by atoms with Crippen LogP contribution in [0.25, 0.3) is 5.65 Å². The Hall–Kier alpha value is -2.22. The lowest BCUT2D eigenvalue weighted by Crippen LogP contribution is -2.48. The van der Waals surface area contributed by atoms with E-state index < -0.39 is 0 Å². The molecule has 5 heterocycles. The van der Waals surface area contributed by atoms with Gasteiger partial charge < -0.3 is 14.7 Å². The van der Waals surface area contributed by atoms with Crippen molar-refractivity contribution in [3.63, 3.8) is 0 Å². The van der Waals surface area contributed by atoms with Crippen LogP contribution < -0.4 is 4.90 Å². The van der Waals surface area contributed by atoms with Gasteiger partial charge >= 0.3 is 0 Å². The summed E-state index contributed by atoms with van der Waals surface area (Å²) in [6.07, 6.45) is 8.53. The summed E-state index contributed by atoms with van der Waals surface area (Å²) < 4.78 is 1.71. The van der Waals surface area contributed by atoms with E-state index in [-0.39, 0.29) is 5.92 Å². The van der Waals surface area contributed by atoms with Gasteiger partial charge in [0.15, 0.2) is 5.65 Å². The fourth-order valence-corrected chi connectivity index (χ4v) is 5.52. The van der Waals surface area contributed by atoms with E-state index in [4.69, 9.17) is 0 Å². The first-order chi connectivity index (χ1) is 15.2. The van der Waals surface area contributed by atoms with Gasteiger partial charge in [0.05, 0.1) is 0 Å². The summed E-state index contributed by atoms with van der Waals surface area (Å²) in [5.41, 5.74) is 0.757. The van der Waals surface area contributed by atoms with Crippen LogP contribution in [0.5, 0.6) is 0 Å². The Bertz CT molecular complexity index is 883. The molecular formula is C23H35N7O. The van der Waals surface area contributed by atoms with Crippen LogP contribution in [0, 0.1) is 17.8 Å². The van der Waals surface area contributed by atoms with Gasteiger partial charge in [-0.3, -0.25) is 4.79 Å². The second-order valence-corrected chi connectivity index (χ2v) is 9.86. The number of rotatable bonds is 4. The summed E-state index contributed by atoms with van der Waals surface area (Å²) in [5.74, 6) is 3.00. The molecule has 0 bridgehead atoms. The molecule has 0 saturated carbocycles. The van der Waals surface area contributed by atoms with E-state index in [1.807, 2.05) is 12.1 Å². The minimum atomic E-state index is 0.157. The molecule has 0 spiro atoms. The Balaban J connectivity index is 1.12. The zero-order chi connectivity index (χ0) is 21.2. The first-order valence-corrected chi connectivity index (χ1v) is 12.1. The predicted octanol–water partition coefficient (Wildman–Crippen LogP) is 2.31. The minimum absolute atomic E-state index is 0.157. The molecule has 0 radical (unpaired) electrons. The van der Waals surface area contributed by atoms with Crippen LogP contribution in [0.1, 0.15) is 45.4 Å². The number of hydrogen-bond donors (Lipinski definition) is 0. The van der Waals surface area contributed by atoms with E-state index in [0.29, 0.717) is 11.8 Å². The van der Waals surface area contributed by atoms with Crippen molar-refractivity contribution in [1.29, 1.82) is 0 Å². The number of carbonyl (C=O) groups is 1. The van der Waals surface area contributed by atoms with Crippen LogP contribution in [0.15, 0.2) is 18.5 Å². The van der Waals surface area contributed by atoms with Crippen LogP contribution in [-0.4, -0.2) is 81.3 Å². The molecule has 1 atom stereocenters. The van der Waals surface area contributed by atoms with Gasteiger partial charge in [0, 0.05) is 38.6 Å². The highest BCUT2D eigenvalue weighted by atomic mass is 16.2. The predicted molar refractivity (Wildman–Crippen MR) is 120 cm³/mol. The van der Waals surface area contributed by atoms with Crippen LogP contribution in [-0.2, 0) is 4.79 Å². The number of aromatic nitrogens is 4. The molecule has 8 heteroatoms. The summed E-state index contributed by atoms with van der Waals surface area (Å²) in [6.45, 7) is 9.66. The molecule has 3 fully saturated rings. The third-order valence-electron chi connectivity index (χ3n) is 7.54. The SMILES string of the molecule is CC1CCN(CC2CCCN(C(=O)C3CCN(c4ccc5nncn5n4)CC3)C2)CC1. The van der Waals surface area contributed by atoms with Gasteiger partial charge in [0.1, 0.15) is 12.1 Å². The van der Waals surface area contributed by atoms with E-state index in [1.54, 1.807) is 10.8 Å². The summed E-state index contributed by atoms with van der Waals surface area (Å²) in [7, 11) is 0. The largest absolute Gasteiger partial charge is 0.355 e. The molecule has 31 heavy (non-hydrogen) atoms. The number of anilines is 1. The van der Waals surface area contributed by atoms with Crippen molar-refractivity contribution in [3.05, 3.63) is 18.5 Å². The van der Waals surface area contributed by atoms with Gasteiger partial charge in [0.25, 0.3) is 0 Å². The minimum Gasteiger partial charge on any atom is -0.355 e. The highest BCUT2D eigenvalue weighted by Gasteiger charge is 2.32. The van der Waals surface area contributed by atoms with Crippen molar-refractivity contribution in [3.8, 4) is 0 Å². The van der Waals surface area contributed by atoms with Crippen LogP contribution in [0.2, 0.25) is 0 Å². The van der Waals surface area contributed by atoms with Crippen molar-refractivity contribution >= 4 is 17.4 Å². The number of hydrogen-bond acceptors (Lipinski definition) is 6. The molecular weight excluding hydrogens is 390 g/mol. The number of likely N-dealkylation sites (tertiary alicyclic amines) is 2. The van der Waals surface area contributed by atoms with Crippen molar-refractivity contribution < 1.29 is 4.79 Å². The van der Waals surface area contributed by atoms with E-state index in [0.717, 1.165) is 62.8 Å². The van der Waals surface area contributed by atoms with Gasteiger partial charge in [-0.15, -0.1) is 15.3 Å². The molecule has 0 N–H and O–H groups in total. The first kappa shape index (κ1) is 20.7. The first-order valence-electron chi connectivity index (χ1n) is 12.1. The number of amides is 1. The second kappa shape index (κ2) is 9.10.